The van der Waals surface area contributed by atoms with E-state index in [0.29, 0.717) is 11.3 Å². The lowest BCUT2D eigenvalue weighted by atomic mass is 9.86. The lowest BCUT2D eigenvalue weighted by Gasteiger charge is -2.28. The summed E-state index contributed by atoms with van der Waals surface area (Å²) in [5, 5.41) is 14.0. The highest BCUT2D eigenvalue weighted by atomic mass is 79.9. The second-order valence-electron chi connectivity index (χ2n) is 8.59. The fourth-order valence-corrected chi connectivity index (χ4v) is 3.65. The Balaban J connectivity index is 2.02. The van der Waals surface area contributed by atoms with Crippen LogP contribution in [0, 0.1) is 5.41 Å². The molecule has 0 aliphatic heterocycles. The minimum absolute atomic E-state index is 0.304. The number of ether oxygens (including phenoxy) is 1. The third-order valence-electron chi connectivity index (χ3n) is 5.15. The molecule has 6 heteroatoms. The highest BCUT2D eigenvalue weighted by Crippen LogP contribution is 2.34. The second kappa shape index (κ2) is 9.10. The molecule has 0 aliphatic rings. The van der Waals surface area contributed by atoms with Crippen LogP contribution in [0.2, 0.25) is 0 Å². The number of carbonyl (C=O) groups is 2. The third-order valence-corrected chi connectivity index (χ3v) is 5.68. The van der Waals surface area contributed by atoms with Crippen molar-refractivity contribution >= 4 is 38.6 Å². The summed E-state index contributed by atoms with van der Waals surface area (Å²) in [4.78, 5) is 24.9. The van der Waals surface area contributed by atoms with Crippen molar-refractivity contribution in [2.45, 2.75) is 39.8 Å². The van der Waals surface area contributed by atoms with Crippen molar-refractivity contribution in [1.82, 2.24) is 5.32 Å². The molecular formula is C25H26BrNO4. The molecule has 3 aromatic rings. The van der Waals surface area contributed by atoms with Crippen molar-refractivity contribution in [3.63, 3.8) is 0 Å². The van der Waals surface area contributed by atoms with E-state index in [9.17, 15) is 14.7 Å². The molecule has 0 fully saturated rings. The van der Waals surface area contributed by atoms with Gasteiger partial charge in [0.15, 0.2) is 0 Å². The molecule has 0 heterocycles. The number of halogens is 1. The normalized spacial score (nSPS) is 13.5. The average Bonchev–Trinajstić information content (AvgIpc) is 2.71. The zero-order valence-corrected chi connectivity index (χ0v) is 19.6. The van der Waals surface area contributed by atoms with Crippen LogP contribution in [0.4, 0.5) is 0 Å². The maximum Gasteiger partial charge on any atom is 0.326 e. The highest BCUT2D eigenvalue weighted by molar-refractivity contribution is 9.10. The number of rotatable bonds is 6. The van der Waals surface area contributed by atoms with E-state index in [4.69, 9.17) is 4.74 Å². The zero-order valence-electron chi connectivity index (χ0n) is 18.0. The van der Waals surface area contributed by atoms with Crippen molar-refractivity contribution in [2.75, 3.05) is 0 Å². The summed E-state index contributed by atoms with van der Waals surface area (Å²) in [7, 11) is 0. The van der Waals surface area contributed by atoms with Gasteiger partial charge in [-0.2, -0.15) is 0 Å². The smallest absolute Gasteiger partial charge is 0.326 e. The van der Waals surface area contributed by atoms with Gasteiger partial charge in [0.25, 0.3) is 5.91 Å². The molecule has 162 valence electrons. The van der Waals surface area contributed by atoms with Crippen molar-refractivity contribution < 1.29 is 19.4 Å². The quantitative estimate of drug-likeness (QED) is 0.452. The molecule has 31 heavy (non-hydrogen) atoms. The van der Waals surface area contributed by atoms with Gasteiger partial charge in [0.2, 0.25) is 0 Å². The average molecular weight is 484 g/mol. The van der Waals surface area contributed by atoms with E-state index in [0.717, 1.165) is 20.8 Å². The summed E-state index contributed by atoms with van der Waals surface area (Å²) in [6.45, 7) is 7.25. The van der Waals surface area contributed by atoms with Crippen LogP contribution < -0.4 is 10.1 Å². The Bertz CT molecular complexity index is 1100. The van der Waals surface area contributed by atoms with E-state index in [1.54, 1.807) is 26.8 Å². The van der Waals surface area contributed by atoms with Crippen LogP contribution in [0.5, 0.6) is 5.75 Å². The third kappa shape index (κ3) is 5.25. The molecule has 3 rings (SSSR count). The fourth-order valence-electron chi connectivity index (χ4n) is 3.38. The SMILES string of the molecule is CC(Oc1c(C(=O)N[C@H](C(=O)O)C(C)(C)C)ccc2ccccc12)c1ccc(Br)cc1. The molecule has 0 radical (unpaired) electrons. The molecule has 1 unspecified atom stereocenters. The van der Waals surface area contributed by atoms with Gasteiger partial charge in [-0.15, -0.1) is 0 Å². The number of aliphatic carboxylic acids is 1. The lowest BCUT2D eigenvalue weighted by molar-refractivity contribution is -0.142. The Labute approximate surface area is 190 Å². The van der Waals surface area contributed by atoms with E-state index in [2.05, 4.69) is 21.2 Å². The molecule has 0 saturated heterocycles. The van der Waals surface area contributed by atoms with E-state index < -0.39 is 23.3 Å². The van der Waals surface area contributed by atoms with Crippen LogP contribution in [0.15, 0.2) is 65.1 Å². The number of carboxylic acid groups (broad SMARTS) is 1. The number of carbonyl (C=O) groups excluding carboxylic acids is 1. The lowest BCUT2D eigenvalue weighted by Crippen LogP contribution is -2.49. The summed E-state index contributed by atoms with van der Waals surface area (Å²) >= 11 is 3.43. The predicted molar refractivity (Wildman–Crippen MR) is 125 cm³/mol. The molecule has 5 nitrogen and oxygen atoms in total. The van der Waals surface area contributed by atoms with Crippen LogP contribution >= 0.6 is 15.9 Å². The number of fused-ring (bicyclic) bond motifs is 1. The fraction of sp³-hybridized carbons (Fsp3) is 0.280. The van der Waals surface area contributed by atoms with Crippen LogP contribution in [-0.2, 0) is 4.79 Å². The first-order valence-corrected chi connectivity index (χ1v) is 10.8. The Morgan fingerprint density at radius 1 is 1.00 bits per heavy atom. The number of amides is 1. The Morgan fingerprint density at radius 2 is 1.65 bits per heavy atom. The van der Waals surface area contributed by atoms with Gasteiger partial charge in [0.1, 0.15) is 17.9 Å². The van der Waals surface area contributed by atoms with E-state index in [-0.39, 0.29) is 6.10 Å². The molecule has 0 aliphatic carbocycles. The van der Waals surface area contributed by atoms with Crippen molar-refractivity contribution in [3.05, 3.63) is 76.3 Å². The van der Waals surface area contributed by atoms with Gasteiger partial charge in [0, 0.05) is 9.86 Å². The van der Waals surface area contributed by atoms with Gasteiger partial charge in [0.05, 0.1) is 5.56 Å². The molecule has 3 aromatic carbocycles. The van der Waals surface area contributed by atoms with Crippen LogP contribution in [0.1, 0.15) is 49.7 Å². The van der Waals surface area contributed by atoms with Gasteiger partial charge in [-0.25, -0.2) is 4.79 Å². The van der Waals surface area contributed by atoms with E-state index >= 15 is 0 Å². The topological polar surface area (TPSA) is 75.6 Å². The molecule has 0 aromatic heterocycles. The van der Waals surface area contributed by atoms with E-state index in [1.165, 1.54) is 0 Å². The predicted octanol–water partition coefficient (Wildman–Crippen LogP) is 5.97. The Kier molecular flexibility index (Phi) is 6.70. The summed E-state index contributed by atoms with van der Waals surface area (Å²) in [6.07, 6.45) is -0.316. The highest BCUT2D eigenvalue weighted by Gasteiger charge is 2.33. The number of hydrogen-bond acceptors (Lipinski definition) is 3. The molecular weight excluding hydrogens is 458 g/mol. The maximum absolute atomic E-state index is 13.2. The van der Waals surface area contributed by atoms with Gasteiger partial charge >= 0.3 is 5.97 Å². The van der Waals surface area contributed by atoms with Gasteiger partial charge in [-0.05, 0) is 41.5 Å². The standard InChI is InChI=1S/C25H26BrNO4/c1-15(16-9-12-18(26)13-10-16)31-21-19-8-6-5-7-17(19)11-14-20(21)23(28)27-22(24(29)30)25(2,3)4/h5-15,22H,1-4H3,(H,27,28)(H,29,30)/t15?,22-/m1/s1. The van der Waals surface area contributed by atoms with Gasteiger partial charge in [-0.1, -0.05) is 79.2 Å². The summed E-state index contributed by atoms with van der Waals surface area (Å²) in [5.41, 5.74) is 0.614. The monoisotopic (exact) mass is 483 g/mol. The second-order valence-corrected chi connectivity index (χ2v) is 9.50. The van der Waals surface area contributed by atoms with Crippen LogP contribution in [0.25, 0.3) is 10.8 Å². The zero-order chi connectivity index (χ0) is 22.8. The number of carboxylic acids is 1. The summed E-state index contributed by atoms with van der Waals surface area (Å²) in [6, 6.07) is 17.9. The van der Waals surface area contributed by atoms with Gasteiger partial charge < -0.3 is 15.2 Å². The first-order valence-electron chi connectivity index (χ1n) is 10.1. The molecule has 1 amide bonds. The molecule has 2 N–H and O–H groups in total. The van der Waals surface area contributed by atoms with Crippen LogP contribution in [-0.4, -0.2) is 23.0 Å². The number of benzene rings is 3. The first-order chi connectivity index (χ1) is 14.6. The van der Waals surface area contributed by atoms with E-state index in [1.807, 2.05) is 61.5 Å². The van der Waals surface area contributed by atoms with Crippen molar-refractivity contribution in [2.24, 2.45) is 5.41 Å². The largest absolute Gasteiger partial charge is 0.485 e. The van der Waals surface area contributed by atoms with Gasteiger partial charge in [-0.3, -0.25) is 4.79 Å². The number of nitrogens with one attached hydrogen (secondary N) is 1. The Morgan fingerprint density at radius 3 is 2.26 bits per heavy atom. The minimum Gasteiger partial charge on any atom is -0.485 e. The molecule has 0 saturated carbocycles. The van der Waals surface area contributed by atoms with Crippen molar-refractivity contribution in [3.8, 4) is 5.75 Å². The molecule has 0 bridgehead atoms. The molecule has 2 atom stereocenters. The van der Waals surface area contributed by atoms with Crippen molar-refractivity contribution in [1.29, 1.82) is 0 Å². The summed E-state index contributed by atoms with van der Waals surface area (Å²) < 4.78 is 7.28. The van der Waals surface area contributed by atoms with Crippen LogP contribution in [0.3, 0.4) is 0 Å². The summed E-state index contributed by atoms with van der Waals surface area (Å²) in [5.74, 6) is -1.12. The molecule has 0 spiro atoms. The minimum atomic E-state index is -1.08. The number of hydrogen-bond donors (Lipinski definition) is 2. The first kappa shape index (κ1) is 22.8. The Hall–Kier alpha value is -2.86. The maximum atomic E-state index is 13.2.